The van der Waals surface area contributed by atoms with Crippen molar-refractivity contribution in [2.24, 2.45) is 0 Å². The van der Waals surface area contributed by atoms with Gasteiger partial charge in [0, 0.05) is 5.92 Å². The molecule has 1 aliphatic carbocycles. The third-order valence-corrected chi connectivity index (χ3v) is 2.34. The fraction of sp³-hybridized carbons (Fsp3) is 0.625. The summed E-state index contributed by atoms with van der Waals surface area (Å²) in [6.45, 7) is 0. The van der Waals surface area contributed by atoms with Gasteiger partial charge in [-0.3, -0.25) is 9.89 Å². The van der Waals surface area contributed by atoms with Crippen LogP contribution in [0.15, 0.2) is 0 Å². The van der Waals surface area contributed by atoms with E-state index in [1.807, 2.05) is 0 Å². The summed E-state index contributed by atoms with van der Waals surface area (Å²) in [5.74, 6) is 0.812. The van der Waals surface area contributed by atoms with E-state index < -0.39 is 5.97 Å². The highest BCUT2D eigenvalue weighted by molar-refractivity contribution is 5.68. The van der Waals surface area contributed by atoms with Crippen molar-refractivity contribution in [3.63, 3.8) is 0 Å². The van der Waals surface area contributed by atoms with E-state index >= 15 is 0 Å². The van der Waals surface area contributed by atoms with Crippen molar-refractivity contribution in [1.29, 1.82) is 0 Å². The van der Waals surface area contributed by atoms with E-state index in [0.29, 0.717) is 11.7 Å². The Balaban J connectivity index is 2.04. The maximum Gasteiger partial charge on any atom is 0.311 e. The van der Waals surface area contributed by atoms with Crippen LogP contribution in [0.5, 0.6) is 0 Å². The zero-order valence-corrected chi connectivity index (χ0v) is 7.16. The molecule has 70 valence electrons. The normalized spacial score (nSPS) is 16.9. The second-order valence-corrected chi connectivity index (χ2v) is 3.34. The summed E-state index contributed by atoms with van der Waals surface area (Å²) in [4.78, 5) is 14.5. The van der Waals surface area contributed by atoms with Crippen LogP contribution in [-0.4, -0.2) is 26.3 Å². The molecular weight excluding hydrogens is 170 g/mol. The summed E-state index contributed by atoms with van der Waals surface area (Å²) in [6.07, 6.45) is 3.42. The molecule has 0 unspecified atom stereocenters. The lowest BCUT2D eigenvalue weighted by molar-refractivity contribution is -0.136. The summed E-state index contributed by atoms with van der Waals surface area (Å²) in [5.41, 5.74) is 0. The number of aromatic amines is 1. The fourth-order valence-electron chi connectivity index (χ4n) is 1.38. The standard InChI is InChI=1S/C8H11N3O2/c12-7(13)4-6-9-8(11-10-6)5-2-1-3-5/h5H,1-4H2,(H,12,13)(H,9,10,11). The number of hydrogen-bond acceptors (Lipinski definition) is 3. The van der Waals surface area contributed by atoms with Crippen LogP contribution in [0.25, 0.3) is 0 Å². The van der Waals surface area contributed by atoms with Gasteiger partial charge in [0.05, 0.1) is 0 Å². The second-order valence-electron chi connectivity index (χ2n) is 3.34. The molecule has 0 bridgehead atoms. The monoisotopic (exact) mass is 181 g/mol. The van der Waals surface area contributed by atoms with Gasteiger partial charge in [-0.1, -0.05) is 6.42 Å². The summed E-state index contributed by atoms with van der Waals surface area (Å²) in [6, 6.07) is 0. The number of hydrogen-bond donors (Lipinski definition) is 2. The number of nitrogens with zero attached hydrogens (tertiary/aromatic N) is 2. The molecule has 2 N–H and O–H groups in total. The van der Waals surface area contributed by atoms with Gasteiger partial charge in [-0.05, 0) is 12.8 Å². The molecule has 2 rings (SSSR count). The molecule has 1 aromatic rings. The van der Waals surface area contributed by atoms with E-state index in [0.717, 1.165) is 18.7 Å². The lowest BCUT2D eigenvalue weighted by Gasteiger charge is -2.21. The molecule has 0 aliphatic heterocycles. The number of aliphatic carboxylic acids is 1. The topological polar surface area (TPSA) is 78.9 Å². The van der Waals surface area contributed by atoms with E-state index in [2.05, 4.69) is 15.2 Å². The van der Waals surface area contributed by atoms with Gasteiger partial charge in [0.25, 0.3) is 0 Å². The van der Waals surface area contributed by atoms with Crippen molar-refractivity contribution >= 4 is 5.97 Å². The molecule has 5 nitrogen and oxygen atoms in total. The van der Waals surface area contributed by atoms with Crippen LogP contribution < -0.4 is 0 Å². The van der Waals surface area contributed by atoms with Crippen molar-refractivity contribution in [3.05, 3.63) is 11.6 Å². The van der Waals surface area contributed by atoms with Gasteiger partial charge in [0.2, 0.25) is 0 Å². The van der Waals surface area contributed by atoms with Crippen molar-refractivity contribution in [2.45, 2.75) is 31.6 Å². The van der Waals surface area contributed by atoms with Gasteiger partial charge in [-0.15, -0.1) is 0 Å². The van der Waals surface area contributed by atoms with Crippen LogP contribution in [0.2, 0.25) is 0 Å². The van der Waals surface area contributed by atoms with E-state index in [1.54, 1.807) is 0 Å². The predicted molar refractivity (Wildman–Crippen MR) is 44.3 cm³/mol. The highest BCUT2D eigenvalue weighted by Gasteiger charge is 2.23. The largest absolute Gasteiger partial charge is 0.481 e. The van der Waals surface area contributed by atoms with Gasteiger partial charge in [-0.2, -0.15) is 5.10 Å². The van der Waals surface area contributed by atoms with Crippen LogP contribution in [0.4, 0.5) is 0 Å². The number of rotatable bonds is 3. The molecule has 0 amide bonds. The Kier molecular flexibility index (Phi) is 2.00. The van der Waals surface area contributed by atoms with Crippen LogP contribution in [0, 0.1) is 0 Å². The van der Waals surface area contributed by atoms with Crippen molar-refractivity contribution < 1.29 is 9.90 Å². The summed E-state index contributed by atoms with van der Waals surface area (Å²) in [5, 5.41) is 15.1. The molecule has 0 radical (unpaired) electrons. The Labute approximate surface area is 75.2 Å². The van der Waals surface area contributed by atoms with Crippen LogP contribution in [0.3, 0.4) is 0 Å². The summed E-state index contributed by atoms with van der Waals surface area (Å²) in [7, 11) is 0. The Morgan fingerprint density at radius 1 is 1.62 bits per heavy atom. The summed E-state index contributed by atoms with van der Waals surface area (Å²) >= 11 is 0. The highest BCUT2D eigenvalue weighted by Crippen LogP contribution is 2.33. The molecule has 13 heavy (non-hydrogen) atoms. The number of carboxylic acid groups (broad SMARTS) is 1. The number of carboxylic acids is 1. The zero-order valence-electron chi connectivity index (χ0n) is 7.16. The van der Waals surface area contributed by atoms with Crippen molar-refractivity contribution in [1.82, 2.24) is 15.2 Å². The average molecular weight is 181 g/mol. The third-order valence-electron chi connectivity index (χ3n) is 2.34. The predicted octanol–water partition coefficient (Wildman–Crippen LogP) is 0.699. The first-order valence-corrected chi connectivity index (χ1v) is 4.38. The van der Waals surface area contributed by atoms with Crippen molar-refractivity contribution in [3.8, 4) is 0 Å². The number of carbonyl (C=O) groups is 1. The van der Waals surface area contributed by atoms with Gasteiger partial charge in [0.15, 0.2) is 5.82 Å². The molecule has 0 spiro atoms. The molecule has 1 heterocycles. The molecule has 1 fully saturated rings. The highest BCUT2D eigenvalue weighted by atomic mass is 16.4. The zero-order chi connectivity index (χ0) is 9.26. The fourth-order valence-corrected chi connectivity index (χ4v) is 1.38. The quantitative estimate of drug-likeness (QED) is 0.719. The SMILES string of the molecule is O=C(O)Cc1nc(C2CCC2)n[nH]1. The Hall–Kier alpha value is -1.39. The second kappa shape index (κ2) is 3.16. The number of H-pyrrole nitrogens is 1. The lowest BCUT2D eigenvalue weighted by atomic mass is 9.85. The van der Waals surface area contributed by atoms with Gasteiger partial charge >= 0.3 is 5.97 Å². The van der Waals surface area contributed by atoms with E-state index in [1.165, 1.54) is 6.42 Å². The molecule has 5 heteroatoms. The maximum atomic E-state index is 10.3. The van der Waals surface area contributed by atoms with Crippen LogP contribution >= 0.6 is 0 Å². The molecule has 1 aromatic heterocycles. The molecule has 0 atom stereocenters. The minimum absolute atomic E-state index is 0.0697. The molecule has 1 aliphatic rings. The number of nitrogens with one attached hydrogen (secondary N) is 1. The van der Waals surface area contributed by atoms with Gasteiger partial charge < -0.3 is 5.11 Å². The van der Waals surface area contributed by atoms with E-state index in [4.69, 9.17) is 5.11 Å². The lowest BCUT2D eigenvalue weighted by Crippen LogP contribution is -2.10. The minimum Gasteiger partial charge on any atom is -0.481 e. The smallest absolute Gasteiger partial charge is 0.311 e. The first-order chi connectivity index (χ1) is 6.25. The van der Waals surface area contributed by atoms with Gasteiger partial charge in [-0.25, -0.2) is 4.98 Å². The van der Waals surface area contributed by atoms with E-state index in [9.17, 15) is 4.79 Å². The first-order valence-electron chi connectivity index (χ1n) is 4.38. The molecule has 1 saturated carbocycles. The maximum absolute atomic E-state index is 10.3. The third kappa shape index (κ3) is 1.68. The average Bonchev–Trinajstić information content (AvgIpc) is 2.31. The van der Waals surface area contributed by atoms with Gasteiger partial charge in [0.1, 0.15) is 12.2 Å². The minimum atomic E-state index is -0.878. The first kappa shape index (κ1) is 8.22. The molecule has 0 aromatic carbocycles. The Morgan fingerprint density at radius 2 is 2.38 bits per heavy atom. The molecular formula is C8H11N3O2. The Bertz CT molecular complexity index is 317. The van der Waals surface area contributed by atoms with Crippen LogP contribution in [0.1, 0.15) is 36.8 Å². The van der Waals surface area contributed by atoms with Crippen LogP contribution in [-0.2, 0) is 11.2 Å². The number of aromatic nitrogens is 3. The summed E-state index contributed by atoms with van der Waals surface area (Å²) < 4.78 is 0. The molecule has 0 saturated heterocycles. The van der Waals surface area contributed by atoms with E-state index in [-0.39, 0.29) is 6.42 Å². The Morgan fingerprint density at radius 3 is 2.92 bits per heavy atom. The van der Waals surface area contributed by atoms with Crippen molar-refractivity contribution in [2.75, 3.05) is 0 Å².